The van der Waals surface area contributed by atoms with Crippen LogP contribution in [0.3, 0.4) is 0 Å². The van der Waals surface area contributed by atoms with Crippen molar-refractivity contribution in [3.63, 3.8) is 0 Å². The Balaban J connectivity index is 1.61. The van der Waals surface area contributed by atoms with Crippen LogP contribution in [-0.4, -0.2) is 18.3 Å². The van der Waals surface area contributed by atoms with Crippen molar-refractivity contribution in [3.05, 3.63) is 34.9 Å². The molecule has 0 amide bonds. The van der Waals surface area contributed by atoms with E-state index in [1.807, 2.05) is 12.1 Å². The van der Waals surface area contributed by atoms with Crippen LogP contribution in [0.15, 0.2) is 24.3 Å². The smallest absolute Gasteiger partial charge is 0.0462 e. The zero-order chi connectivity index (χ0) is 14.7. The van der Waals surface area contributed by atoms with Crippen LogP contribution in [0.4, 0.5) is 0 Å². The van der Waals surface area contributed by atoms with Gasteiger partial charge in [0, 0.05) is 17.7 Å². The van der Waals surface area contributed by atoms with Gasteiger partial charge in [0.05, 0.1) is 0 Å². The normalized spacial score (nSPS) is 27.5. The van der Waals surface area contributed by atoms with Crippen LogP contribution < -0.4 is 5.32 Å². The number of hydrogen-bond donors (Lipinski definition) is 2. The summed E-state index contributed by atoms with van der Waals surface area (Å²) in [5, 5.41) is 14.2. The van der Waals surface area contributed by atoms with Gasteiger partial charge < -0.3 is 10.4 Å². The molecule has 0 aliphatic heterocycles. The van der Waals surface area contributed by atoms with E-state index in [9.17, 15) is 5.11 Å². The monoisotopic (exact) mass is 307 g/mol. The molecule has 2 aliphatic rings. The Hall–Kier alpha value is -0.570. The van der Waals surface area contributed by atoms with Crippen molar-refractivity contribution in [2.75, 3.05) is 13.2 Å². The summed E-state index contributed by atoms with van der Waals surface area (Å²) < 4.78 is 0. The van der Waals surface area contributed by atoms with Crippen molar-refractivity contribution in [2.24, 2.45) is 17.8 Å². The number of aliphatic hydroxyl groups is 1. The van der Waals surface area contributed by atoms with E-state index in [4.69, 9.17) is 11.6 Å². The summed E-state index contributed by atoms with van der Waals surface area (Å²) in [5.74, 6) is 1.91. The third-order valence-electron chi connectivity index (χ3n) is 5.22. The van der Waals surface area contributed by atoms with Gasteiger partial charge in [-0.15, -0.1) is 0 Å². The van der Waals surface area contributed by atoms with Gasteiger partial charge in [0.15, 0.2) is 0 Å². The minimum Gasteiger partial charge on any atom is -0.396 e. The fourth-order valence-corrected chi connectivity index (χ4v) is 3.85. The van der Waals surface area contributed by atoms with Gasteiger partial charge in [0.25, 0.3) is 0 Å². The molecule has 3 atom stereocenters. The van der Waals surface area contributed by atoms with Gasteiger partial charge in [-0.25, -0.2) is 0 Å². The Bertz CT molecular complexity index is 443. The molecule has 1 aromatic carbocycles. The highest BCUT2D eigenvalue weighted by Gasteiger charge is 2.33. The summed E-state index contributed by atoms with van der Waals surface area (Å²) in [6, 6.07) is 8.75. The molecule has 0 heterocycles. The second-order valence-corrected chi connectivity index (χ2v) is 7.20. The average Bonchev–Trinajstić information content (AvgIpc) is 3.34. The van der Waals surface area contributed by atoms with Crippen LogP contribution in [-0.2, 0) is 0 Å². The molecule has 0 spiro atoms. The first-order valence-electron chi connectivity index (χ1n) is 8.37. The van der Waals surface area contributed by atoms with Gasteiger partial charge >= 0.3 is 0 Å². The van der Waals surface area contributed by atoms with E-state index in [1.165, 1.54) is 44.1 Å². The number of halogens is 1. The van der Waals surface area contributed by atoms with E-state index in [-0.39, 0.29) is 0 Å². The molecule has 2 N–H and O–H groups in total. The Morgan fingerprint density at radius 2 is 1.71 bits per heavy atom. The first kappa shape index (κ1) is 15.3. The summed E-state index contributed by atoms with van der Waals surface area (Å²) >= 11 is 6.00. The van der Waals surface area contributed by atoms with Crippen molar-refractivity contribution in [1.29, 1.82) is 0 Å². The van der Waals surface area contributed by atoms with Crippen molar-refractivity contribution < 1.29 is 5.11 Å². The molecule has 2 aliphatic carbocycles. The fraction of sp³-hybridized carbons (Fsp3) is 0.667. The van der Waals surface area contributed by atoms with Gasteiger partial charge in [0.1, 0.15) is 0 Å². The molecular formula is C18H26ClNO. The minimum atomic E-state index is 0.349. The predicted molar refractivity (Wildman–Crippen MR) is 87.5 cm³/mol. The molecule has 0 bridgehead atoms. The van der Waals surface area contributed by atoms with Crippen molar-refractivity contribution >= 4 is 11.6 Å². The fourth-order valence-electron chi connectivity index (χ4n) is 3.73. The third-order valence-corrected chi connectivity index (χ3v) is 5.48. The average molecular weight is 308 g/mol. The molecule has 1 aromatic rings. The largest absolute Gasteiger partial charge is 0.396 e. The maximum Gasteiger partial charge on any atom is 0.0462 e. The summed E-state index contributed by atoms with van der Waals surface area (Å²) in [6.07, 6.45) is 7.71. The lowest BCUT2D eigenvalue weighted by Crippen LogP contribution is -2.35. The van der Waals surface area contributed by atoms with Crippen molar-refractivity contribution in [2.45, 2.75) is 44.6 Å². The second-order valence-electron chi connectivity index (χ2n) is 6.76. The summed E-state index contributed by atoms with van der Waals surface area (Å²) in [7, 11) is 0. The predicted octanol–water partition coefficient (Wildman–Crippen LogP) is 4.18. The van der Waals surface area contributed by atoms with E-state index in [1.54, 1.807) is 0 Å². The third kappa shape index (κ3) is 4.00. The SMILES string of the molecule is OCC1CCCCC1CNC(c1ccc(Cl)cc1)C1CC1. The van der Waals surface area contributed by atoms with E-state index in [0.717, 1.165) is 17.5 Å². The molecule has 0 radical (unpaired) electrons. The number of nitrogens with one attached hydrogen (secondary N) is 1. The van der Waals surface area contributed by atoms with E-state index < -0.39 is 0 Å². The number of hydrogen-bond acceptors (Lipinski definition) is 2. The molecule has 0 saturated heterocycles. The van der Waals surface area contributed by atoms with E-state index in [2.05, 4.69) is 17.4 Å². The first-order chi connectivity index (χ1) is 10.3. The molecule has 3 rings (SSSR count). The van der Waals surface area contributed by atoms with E-state index in [0.29, 0.717) is 24.5 Å². The maximum atomic E-state index is 9.55. The highest BCUT2D eigenvalue weighted by Crippen LogP contribution is 2.41. The lowest BCUT2D eigenvalue weighted by Gasteiger charge is -2.32. The van der Waals surface area contributed by atoms with Gasteiger partial charge in [-0.1, -0.05) is 36.6 Å². The van der Waals surface area contributed by atoms with Crippen LogP contribution in [0.1, 0.15) is 50.1 Å². The topological polar surface area (TPSA) is 32.3 Å². The molecule has 2 fully saturated rings. The zero-order valence-corrected chi connectivity index (χ0v) is 13.4. The molecular weight excluding hydrogens is 282 g/mol. The first-order valence-corrected chi connectivity index (χ1v) is 8.75. The van der Waals surface area contributed by atoms with E-state index >= 15 is 0 Å². The van der Waals surface area contributed by atoms with Gasteiger partial charge in [-0.2, -0.15) is 0 Å². The number of aliphatic hydroxyl groups excluding tert-OH is 1. The highest BCUT2D eigenvalue weighted by molar-refractivity contribution is 6.30. The van der Waals surface area contributed by atoms with Crippen molar-refractivity contribution in [3.8, 4) is 0 Å². The van der Waals surface area contributed by atoms with Gasteiger partial charge in [-0.05, 0) is 67.7 Å². The molecule has 3 heteroatoms. The maximum absolute atomic E-state index is 9.55. The summed E-state index contributed by atoms with van der Waals surface area (Å²) in [5.41, 5.74) is 1.36. The Kier molecular flexibility index (Phi) is 5.20. The Morgan fingerprint density at radius 3 is 2.33 bits per heavy atom. The minimum absolute atomic E-state index is 0.349. The number of benzene rings is 1. The van der Waals surface area contributed by atoms with Crippen LogP contribution in [0, 0.1) is 17.8 Å². The molecule has 116 valence electrons. The number of rotatable bonds is 6. The van der Waals surface area contributed by atoms with Crippen molar-refractivity contribution in [1.82, 2.24) is 5.32 Å². The highest BCUT2D eigenvalue weighted by atomic mass is 35.5. The van der Waals surface area contributed by atoms with Crippen LogP contribution in [0.5, 0.6) is 0 Å². The zero-order valence-electron chi connectivity index (χ0n) is 12.6. The molecule has 2 nitrogen and oxygen atoms in total. The molecule has 2 saturated carbocycles. The molecule has 3 unspecified atom stereocenters. The molecule has 21 heavy (non-hydrogen) atoms. The van der Waals surface area contributed by atoms with Gasteiger partial charge in [-0.3, -0.25) is 0 Å². The lowest BCUT2D eigenvalue weighted by atomic mass is 9.79. The second kappa shape index (κ2) is 7.13. The Morgan fingerprint density at radius 1 is 1.05 bits per heavy atom. The van der Waals surface area contributed by atoms with Crippen LogP contribution >= 0.6 is 11.6 Å². The quantitative estimate of drug-likeness (QED) is 0.826. The van der Waals surface area contributed by atoms with Crippen LogP contribution in [0.2, 0.25) is 5.02 Å². The lowest BCUT2D eigenvalue weighted by molar-refractivity contribution is 0.130. The standard InChI is InChI=1S/C18H26ClNO/c19-17-9-7-14(8-10-17)18(13-5-6-13)20-11-15-3-1-2-4-16(15)12-21/h7-10,13,15-16,18,20-21H,1-6,11-12H2. The molecule has 0 aromatic heterocycles. The summed E-state index contributed by atoms with van der Waals surface area (Å²) in [6.45, 7) is 1.39. The van der Waals surface area contributed by atoms with Crippen LogP contribution in [0.25, 0.3) is 0 Å². The summed E-state index contributed by atoms with van der Waals surface area (Å²) in [4.78, 5) is 0. The Labute approximate surface area is 132 Å². The van der Waals surface area contributed by atoms with Gasteiger partial charge in [0.2, 0.25) is 0 Å².